The van der Waals surface area contributed by atoms with Crippen LogP contribution in [0.15, 0.2) is 30.3 Å². The molecule has 0 aliphatic carbocycles. The van der Waals surface area contributed by atoms with Crippen LogP contribution in [0.25, 0.3) is 10.9 Å². The zero-order valence-corrected chi connectivity index (χ0v) is 14.7. The van der Waals surface area contributed by atoms with Gasteiger partial charge >= 0.3 is 0 Å². The number of piperidine rings is 1. The summed E-state index contributed by atoms with van der Waals surface area (Å²) in [5.41, 5.74) is 2.51. The van der Waals surface area contributed by atoms with Crippen molar-refractivity contribution in [1.82, 2.24) is 15.2 Å². The first-order valence-electron chi connectivity index (χ1n) is 9.39. The maximum atomic E-state index is 5.07. The highest BCUT2D eigenvalue weighted by molar-refractivity contribution is 5.81. The number of piperazine rings is 1. The summed E-state index contributed by atoms with van der Waals surface area (Å²) in [6.07, 6.45) is 3.94. The van der Waals surface area contributed by atoms with Crippen LogP contribution in [0.3, 0.4) is 0 Å². The Bertz CT molecular complexity index is 693. The molecule has 1 unspecified atom stereocenters. The van der Waals surface area contributed by atoms with Crippen molar-refractivity contribution < 1.29 is 0 Å². The van der Waals surface area contributed by atoms with Crippen molar-refractivity contribution in [3.05, 3.63) is 35.9 Å². The van der Waals surface area contributed by atoms with Crippen molar-refractivity contribution >= 4 is 16.7 Å². The summed E-state index contributed by atoms with van der Waals surface area (Å²) in [7, 11) is 0. The zero-order chi connectivity index (χ0) is 16.4. The van der Waals surface area contributed by atoms with Crippen molar-refractivity contribution in [1.29, 1.82) is 0 Å². The Hall–Kier alpha value is -1.65. The molecule has 4 rings (SSSR count). The summed E-state index contributed by atoms with van der Waals surface area (Å²) >= 11 is 0. The number of hydrogen-bond acceptors (Lipinski definition) is 4. The number of aromatic nitrogens is 1. The molecule has 24 heavy (non-hydrogen) atoms. The molecule has 2 aliphatic heterocycles. The van der Waals surface area contributed by atoms with Gasteiger partial charge in [-0.1, -0.05) is 18.2 Å². The fourth-order valence-corrected chi connectivity index (χ4v) is 4.04. The molecule has 128 valence electrons. The molecular weight excluding hydrogens is 296 g/mol. The molecule has 1 N–H and O–H groups in total. The van der Waals surface area contributed by atoms with E-state index in [0.29, 0.717) is 6.04 Å². The molecule has 4 nitrogen and oxygen atoms in total. The third kappa shape index (κ3) is 3.40. The Morgan fingerprint density at radius 3 is 2.79 bits per heavy atom. The van der Waals surface area contributed by atoms with Crippen LogP contribution >= 0.6 is 0 Å². The van der Waals surface area contributed by atoms with Crippen LogP contribution in [0.5, 0.6) is 0 Å². The van der Waals surface area contributed by atoms with Crippen molar-refractivity contribution in [2.75, 3.05) is 37.6 Å². The average Bonchev–Trinajstić information content (AvgIpc) is 2.62. The number of anilines is 1. The molecular formula is C20H28N4. The Morgan fingerprint density at radius 1 is 1.12 bits per heavy atom. The van der Waals surface area contributed by atoms with Gasteiger partial charge in [-0.3, -0.25) is 4.90 Å². The van der Waals surface area contributed by atoms with E-state index in [4.69, 9.17) is 4.98 Å². The van der Waals surface area contributed by atoms with E-state index in [1.807, 2.05) is 0 Å². The van der Waals surface area contributed by atoms with Crippen LogP contribution in [0.2, 0.25) is 0 Å². The van der Waals surface area contributed by atoms with Gasteiger partial charge in [0.25, 0.3) is 0 Å². The van der Waals surface area contributed by atoms with Gasteiger partial charge in [0, 0.05) is 56.3 Å². The fraction of sp³-hybridized carbons (Fsp3) is 0.550. The SMILES string of the molecule is CC1CN(Cc2cc3ccccc3nc2N2CCCCC2)CCN1. The summed E-state index contributed by atoms with van der Waals surface area (Å²) in [4.78, 5) is 10.1. The number of rotatable bonds is 3. The second-order valence-corrected chi connectivity index (χ2v) is 7.30. The molecule has 1 atom stereocenters. The van der Waals surface area contributed by atoms with Gasteiger partial charge in [0.15, 0.2) is 0 Å². The van der Waals surface area contributed by atoms with Crippen LogP contribution < -0.4 is 10.2 Å². The lowest BCUT2D eigenvalue weighted by Gasteiger charge is -2.34. The molecule has 0 amide bonds. The molecule has 0 saturated carbocycles. The van der Waals surface area contributed by atoms with Crippen LogP contribution in [0.1, 0.15) is 31.7 Å². The number of benzene rings is 1. The summed E-state index contributed by atoms with van der Waals surface area (Å²) in [6, 6.07) is 11.5. The number of para-hydroxylation sites is 1. The number of nitrogens with zero attached hydrogens (tertiary/aromatic N) is 3. The lowest BCUT2D eigenvalue weighted by atomic mass is 10.1. The van der Waals surface area contributed by atoms with E-state index in [2.05, 4.69) is 52.4 Å². The third-order valence-corrected chi connectivity index (χ3v) is 5.28. The lowest BCUT2D eigenvalue weighted by molar-refractivity contribution is 0.199. The van der Waals surface area contributed by atoms with E-state index in [9.17, 15) is 0 Å². The summed E-state index contributed by atoms with van der Waals surface area (Å²) in [5, 5.41) is 4.80. The van der Waals surface area contributed by atoms with Crippen molar-refractivity contribution in [2.24, 2.45) is 0 Å². The third-order valence-electron chi connectivity index (χ3n) is 5.28. The van der Waals surface area contributed by atoms with Crippen molar-refractivity contribution in [2.45, 2.75) is 38.8 Å². The first kappa shape index (κ1) is 15.9. The lowest BCUT2D eigenvalue weighted by Crippen LogP contribution is -2.48. The maximum absolute atomic E-state index is 5.07. The summed E-state index contributed by atoms with van der Waals surface area (Å²) < 4.78 is 0. The second-order valence-electron chi connectivity index (χ2n) is 7.30. The van der Waals surface area contributed by atoms with E-state index >= 15 is 0 Å². The normalized spacial score (nSPS) is 22.9. The summed E-state index contributed by atoms with van der Waals surface area (Å²) in [6.45, 7) is 8.91. The predicted octanol–water partition coefficient (Wildman–Crippen LogP) is 3.02. The molecule has 1 aromatic carbocycles. The van der Waals surface area contributed by atoms with Crippen LogP contribution in [-0.4, -0.2) is 48.6 Å². The molecule has 0 spiro atoms. The first-order chi connectivity index (χ1) is 11.8. The van der Waals surface area contributed by atoms with Gasteiger partial charge in [0.1, 0.15) is 5.82 Å². The number of pyridine rings is 1. The Kier molecular flexibility index (Phi) is 4.67. The number of nitrogens with one attached hydrogen (secondary N) is 1. The van der Waals surface area contributed by atoms with Crippen LogP contribution in [0, 0.1) is 0 Å². The standard InChI is InChI=1S/C20H28N4/c1-16-14-23(12-9-21-16)15-18-13-17-7-3-4-8-19(17)22-20(18)24-10-5-2-6-11-24/h3-4,7-8,13,16,21H,2,5-6,9-12,14-15H2,1H3. The molecule has 2 fully saturated rings. The minimum absolute atomic E-state index is 0.575. The first-order valence-corrected chi connectivity index (χ1v) is 9.39. The molecule has 0 bridgehead atoms. The van der Waals surface area contributed by atoms with Gasteiger partial charge in [-0.2, -0.15) is 0 Å². The smallest absolute Gasteiger partial charge is 0.133 e. The van der Waals surface area contributed by atoms with E-state index in [0.717, 1.165) is 44.8 Å². The van der Waals surface area contributed by atoms with Gasteiger partial charge in [-0.05, 0) is 38.3 Å². The zero-order valence-electron chi connectivity index (χ0n) is 14.7. The molecule has 3 heterocycles. The quantitative estimate of drug-likeness (QED) is 0.940. The van der Waals surface area contributed by atoms with E-state index in [1.54, 1.807) is 0 Å². The molecule has 2 aliphatic rings. The number of fused-ring (bicyclic) bond motifs is 1. The number of hydrogen-bond donors (Lipinski definition) is 1. The van der Waals surface area contributed by atoms with E-state index in [-0.39, 0.29) is 0 Å². The van der Waals surface area contributed by atoms with Gasteiger partial charge in [0.2, 0.25) is 0 Å². The average molecular weight is 324 g/mol. The Labute approximate surface area is 144 Å². The monoisotopic (exact) mass is 324 g/mol. The second kappa shape index (κ2) is 7.08. The van der Waals surface area contributed by atoms with Crippen molar-refractivity contribution in [3.63, 3.8) is 0 Å². The molecule has 1 aromatic heterocycles. The van der Waals surface area contributed by atoms with Crippen LogP contribution in [0.4, 0.5) is 5.82 Å². The predicted molar refractivity (Wildman–Crippen MR) is 101 cm³/mol. The highest BCUT2D eigenvalue weighted by Crippen LogP contribution is 2.27. The Balaban J connectivity index is 1.67. The van der Waals surface area contributed by atoms with Crippen molar-refractivity contribution in [3.8, 4) is 0 Å². The fourth-order valence-electron chi connectivity index (χ4n) is 4.04. The van der Waals surface area contributed by atoms with Gasteiger partial charge in [-0.15, -0.1) is 0 Å². The topological polar surface area (TPSA) is 31.4 Å². The summed E-state index contributed by atoms with van der Waals surface area (Å²) in [5.74, 6) is 1.22. The molecule has 0 radical (unpaired) electrons. The largest absolute Gasteiger partial charge is 0.356 e. The minimum atomic E-state index is 0.575. The maximum Gasteiger partial charge on any atom is 0.133 e. The minimum Gasteiger partial charge on any atom is -0.356 e. The Morgan fingerprint density at radius 2 is 1.96 bits per heavy atom. The van der Waals surface area contributed by atoms with E-state index < -0.39 is 0 Å². The molecule has 4 heteroatoms. The molecule has 2 aromatic rings. The van der Waals surface area contributed by atoms with Gasteiger partial charge < -0.3 is 10.2 Å². The molecule has 2 saturated heterocycles. The van der Waals surface area contributed by atoms with E-state index in [1.165, 1.54) is 36.0 Å². The van der Waals surface area contributed by atoms with Gasteiger partial charge in [-0.25, -0.2) is 4.98 Å². The van der Waals surface area contributed by atoms with Gasteiger partial charge in [0.05, 0.1) is 5.52 Å². The highest BCUT2D eigenvalue weighted by atomic mass is 15.2. The van der Waals surface area contributed by atoms with Crippen LogP contribution in [-0.2, 0) is 6.54 Å². The highest BCUT2D eigenvalue weighted by Gasteiger charge is 2.21.